The molecular formula is C24H32O3. The number of Topliss-reactive ketones (excluding diaryl/α,β-unsaturated/α-hetero) is 1. The standard InChI is InChI=1S/C24H32O3/c1-23(2,3)20-13-9-11-18(22(20)24(4,5)6)15-27-16-21(25)17-10-8-12-19(14-17)26-7/h8-14H,15-16H2,1-7H3. The van der Waals surface area contributed by atoms with Crippen molar-refractivity contribution in [3.05, 3.63) is 64.7 Å². The summed E-state index contributed by atoms with van der Waals surface area (Å²) in [7, 11) is 1.59. The Hall–Kier alpha value is -2.13. The van der Waals surface area contributed by atoms with Gasteiger partial charge in [-0.2, -0.15) is 0 Å². The fourth-order valence-corrected chi connectivity index (χ4v) is 3.36. The molecule has 0 aliphatic rings. The molecule has 0 N–H and O–H groups in total. The molecule has 0 bridgehead atoms. The number of ether oxygens (including phenoxy) is 2. The Morgan fingerprint density at radius 3 is 2.19 bits per heavy atom. The average molecular weight is 369 g/mol. The predicted molar refractivity (Wildman–Crippen MR) is 111 cm³/mol. The van der Waals surface area contributed by atoms with Gasteiger partial charge in [0.15, 0.2) is 5.78 Å². The van der Waals surface area contributed by atoms with Gasteiger partial charge in [-0.05, 0) is 39.7 Å². The maximum atomic E-state index is 12.4. The largest absolute Gasteiger partial charge is 0.497 e. The lowest BCUT2D eigenvalue weighted by atomic mass is 9.73. The first kappa shape index (κ1) is 21.2. The van der Waals surface area contributed by atoms with Crippen LogP contribution in [0.1, 0.15) is 68.6 Å². The van der Waals surface area contributed by atoms with Gasteiger partial charge < -0.3 is 9.47 Å². The molecule has 3 nitrogen and oxygen atoms in total. The van der Waals surface area contributed by atoms with Crippen LogP contribution in [0, 0.1) is 0 Å². The monoisotopic (exact) mass is 368 g/mol. The van der Waals surface area contributed by atoms with Gasteiger partial charge in [-0.15, -0.1) is 0 Å². The van der Waals surface area contributed by atoms with Crippen LogP contribution in [0.3, 0.4) is 0 Å². The van der Waals surface area contributed by atoms with Gasteiger partial charge in [0.1, 0.15) is 12.4 Å². The third-order valence-electron chi connectivity index (χ3n) is 4.59. The molecule has 0 heterocycles. The molecule has 3 heteroatoms. The third-order valence-corrected chi connectivity index (χ3v) is 4.59. The van der Waals surface area contributed by atoms with Gasteiger partial charge in [-0.3, -0.25) is 4.79 Å². The predicted octanol–water partition coefficient (Wildman–Crippen LogP) is 5.69. The lowest BCUT2D eigenvalue weighted by Gasteiger charge is -2.32. The van der Waals surface area contributed by atoms with E-state index in [1.165, 1.54) is 11.1 Å². The number of rotatable bonds is 6. The Kier molecular flexibility index (Phi) is 6.48. The second-order valence-corrected chi connectivity index (χ2v) is 8.99. The summed E-state index contributed by atoms with van der Waals surface area (Å²) in [6, 6.07) is 13.6. The van der Waals surface area contributed by atoms with Crippen molar-refractivity contribution in [3.63, 3.8) is 0 Å². The molecule has 0 fully saturated rings. The van der Waals surface area contributed by atoms with Crippen molar-refractivity contribution in [1.29, 1.82) is 0 Å². The Morgan fingerprint density at radius 2 is 1.59 bits per heavy atom. The van der Waals surface area contributed by atoms with Gasteiger partial charge >= 0.3 is 0 Å². The SMILES string of the molecule is COc1cccc(C(=O)COCc2cccc(C(C)(C)C)c2C(C)(C)C)c1. The maximum Gasteiger partial charge on any atom is 0.188 e. The second-order valence-electron chi connectivity index (χ2n) is 8.99. The van der Waals surface area contributed by atoms with Gasteiger partial charge in [0.2, 0.25) is 0 Å². The van der Waals surface area contributed by atoms with Crippen molar-refractivity contribution in [3.8, 4) is 5.75 Å². The summed E-state index contributed by atoms with van der Waals surface area (Å²) in [5.74, 6) is 0.631. The van der Waals surface area contributed by atoms with E-state index >= 15 is 0 Å². The topological polar surface area (TPSA) is 35.5 Å². The maximum absolute atomic E-state index is 12.4. The number of methoxy groups -OCH3 is 1. The summed E-state index contributed by atoms with van der Waals surface area (Å²) in [5.41, 5.74) is 4.44. The van der Waals surface area contributed by atoms with E-state index in [0.29, 0.717) is 17.9 Å². The fourth-order valence-electron chi connectivity index (χ4n) is 3.36. The number of ketones is 1. The summed E-state index contributed by atoms with van der Waals surface area (Å²) >= 11 is 0. The molecule has 2 rings (SSSR count). The molecule has 0 saturated carbocycles. The number of carbonyl (C=O) groups excluding carboxylic acids is 1. The quantitative estimate of drug-likeness (QED) is 0.615. The van der Waals surface area contributed by atoms with Crippen LogP contribution < -0.4 is 4.74 Å². The molecule has 0 saturated heterocycles. The number of benzene rings is 2. The molecule has 0 unspecified atom stereocenters. The average Bonchev–Trinajstić information content (AvgIpc) is 2.59. The highest BCUT2D eigenvalue weighted by molar-refractivity contribution is 5.97. The molecule has 0 radical (unpaired) electrons. The minimum Gasteiger partial charge on any atom is -0.497 e. The van der Waals surface area contributed by atoms with E-state index in [4.69, 9.17) is 9.47 Å². The van der Waals surface area contributed by atoms with Crippen molar-refractivity contribution in [2.24, 2.45) is 0 Å². The van der Waals surface area contributed by atoms with E-state index in [9.17, 15) is 4.79 Å². The lowest BCUT2D eigenvalue weighted by molar-refractivity contribution is 0.0723. The second kappa shape index (κ2) is 8.26. The van der Waals surface area contributed by atoms with Crippen LogP contribution in [0.4, 0.5) is 0 Å². The van der Waals surface area contributed by atoms with Gasteiger partial charge in [0.05, 0.1) is 13.7 Å². The van der Waals surface area contributed by atoms with Crippen LogP contribution in [0.25, 0.3) is 0 Å². The summed E-state index contributed by atoms with van der Waals surface area (Å²) in [4.78, 5) is 12.4. The van der Waals surface area contributed by atoms with Crippen molar-refractivity contribution in [1.82, 2.24) is 0 Å². The van der Waals surface area contributed by atoms with Gasteiger partial charge in [-0.25, -0.2) is 0 Å². The van der Waals surface area contributed by atoms with Crippen LogP contribution in [0.5, 0.6) is 5.75 Å². The smallest absolute Gasteiger partial charge is 0.188 e. The van der Waals surface area contributed by atoms with Gasteiger partial charge in [-0.1, -0.05) is 71.9 Å². The molecule has 0 spiro atoms. The Balaban J connectivity index is 2.17. The molecular weight excluding hydrogens is 336 g/mol. The Morgan fingerprint density at radius 1 is 0.926 bits per heavy atom. The van der Waals surface area contributed by atoms with E-state index in [1.54, 1.807) is 19.2 Å². The minimum atomic E-state index is -0.0433. The molecule has 0 atom stereocenters. The summed E-state index contributed by atoms with van der Waals surface area (Å²) in [6.45, 7) is 13.8. The van der Waals surface area contributed by atoms with Crippen LogP contribution in [0.15, 0.2) is 42.5 Å². The zero-order valence-corrected chi connectivity index (χ0v) is 17.7. The molecule has 0 aliphatic carbocycles. The van der Waals surface area contributed by atoms with Crippen molar-refractivity contribution in [2.75, 3.05) is 13.7 Å². The van der Waals surface area contributed by atoms with Crippen molar-refractivity contribution >= 4 is 5.78 Å². The highest BCUT2D eigenvalue weighted by atomic mass is 16.5. The van der Waals surface area contributed by atoms with Crippen LogP contribution in [-0.4, -0.2) is 19.5 Å². The van der Waals surface area contributed by atoms with E-state index in [0.717, 1.165) is 5.56 Å². The first-order chi connectivity index (χ1) is 12.5. The van der Waals surface area contributed by atoms with Gasteiger partial charge in [0.25, 0.3) is 0 Å². The summed E-state index contributed by atoms with van der Waals surface area (Å²) in [5, 5.41) is 0. The molecule has 2 aromatic carbocycles. The van der Waals surface area contributed by atoms with Crippen molar-refractivity contribution < 1.29 is 14.3 Å². The van der Waals surface area contributed by atoms with Crippen molar-refractivity contribution in [2.45, 2.75) is 59.0 Å². The van der Waals surface area contributed by atoms with E-state index in [2.05, 4.69) is 59.7 Å². The lowest BCUT2D eigenvalue weighted by Crippen LogP contribution is -2.24. The Bertz CT molecular complexity index is 792. The zero-order chi connectivity index (χ0) is 20.2. The third kappa shape index (κ3) is 5.43. The molecule has 27 heavy (non-hydrogen) atoms. The molecule has 0 aliphatic heterocycles. The zero-order valence-electron chi connectivity index (χ0n) is 17.7. The molecule has 0 amide bonds. The van der Waals surface area contributed by atoms with E-state index < -0.39 is 0 Å². The van der Waals surface area contributed by atoms with E-state index in [-0.39, 0.29) is 23.2 Å². The number of hydrogen-bond donors (Lipinski definition) is 0. The summed E-state index contributed by atoms with van der Waals surface area (Å²) < 4.78 is 11.0. The number of hydrogen-bond acceptors (Lipinski definition) is 3. The molecule has 0 aromatic heterocycles. The highest BCUT2D eigenvalue weighted by Crippen LogP contribution is 2.36. The Labute approximate surface area is 163 Å². The van der Waals surface area contributed by atoms with Crippen LogP contribution >= 0.6 is 0 Å². The molecule has 2 aromatic rings. The first-order valence-electron chi connectivity index (χ1n) is 9.42. The van der Waals surface area contributed by atoms with Crippen LogP contribution in [0.2, 0.25) is 0 Å². The molecule has 146 valence electrons. The first-order valence-corrected chi connectivity index (χ1v) is 9.42. The minimum absolute atomic E-state index is 0.000623. The van der Waals surface area contributed by atoms with Gasteiger partial charge in [0, 0.05) is 5.56 Å². The van der Waals surface area contributed by atoms with Crippen LogP contribution in [-0.2, 0) is 22.2 Å². The normalized spacial score (nSPS) is 12.1. The van der Waals surface area contributed by atoms with E-state index in [1.807, 2.05) is 12.1 Å². The fraction of sp³-hybridized carbons (Fsp3) is 0.458. The highest BCUT2D eigenvalue weighted by Gasteiger charge is 2.27. The number of carbonyl (C=O) groups is 1. The summed E-state index contributed by atoms with van der Waals surface area (Å²) in [6.07, 6.45) is 0.